The summed E-state index contributed by atoms with van der Waals surface area (Å²) < 4.78 is 24.9. The third-order valence-electron chi connectivity index (χ3n) is 5.43. The first-order valence-electron chi connectivity index (χ1n) is 11.8. The molecular weight excluding hydrogens is 475 g/mol. The minimum Gasteiger partial charge on any atom is -0.497 e. The lowest BCUT2D eigenvalue weighted by molar-refractivity contribution is -0.140. The maximum atomic E-state index is 13.2. The van der Waals surface area contributed by atoms with Gasteiger partial charge in [0.1, 0.15) is 23.4 Å². The van der Waals surface area contributed by atoms with E-state index < -0.39 is 24.0 Å². The van der Waals surface area contributed by atoms with Gasteiger partial charge in [0.15, 0.2) is 0 Å². The monoisotopic (exact) mass is 506 g/mol. The van der Waals surface area contributed by atoms with Crippen molar-refractivity contribution in [3.05, 3.63) is 83.7 Å². The van der Waals surface area contributed by atoms with E-state index in [0.29, 0.717) is 28.4 Å². The molecule has 2 amide bonds. The third kappa shape index (κ3) is 7.54. The van der Waals surface area contributed by atoms with Crippen LogP contribution in [0.25, 0.3) is 0 Å². The summed E-state index contributed by atoms with van der Waals surface area (Å²) in [5.74, 6) is -0.775. The summed E-state index contributed by atoms with van der Waals surface area (Å²) in [5.41, 5.74) is 2.57. The zero-order valence-corrected chi connectivity index (χ0v) is 21.2. The molecular formula is C28H31FN4O4. The van der Waals surface area contributed by atoms with Gasteiger partial charge in [0.2, 0.25) is 0 Å². The highest BCUT2D eigenvalue weighted by atomic mass is 19.1. The number of anilines is 2. The molecule has 4 N–H and O–H groups in total. The predicted octanol–water partition coefficient (Wildman–Crippen LogP) is 4.72. The topological polar surface area (TPSA) is 113 Å². The first-order valence-corrected chi connectivity index (χ1v) is 11.8. The Morgan fingerprint density at radius 2 is 1.62 bits per heavy atom. The Hall–Kier alpha value is -4.40. The summed E-state index contributed by atoms with van der Waals surface area (Å²) in [5, 5.41) is 16.3. The van der Waals surface area contributed by atoms with E-state index in [1.165, 1.54) is 18.3 Å². The second-order valence-electron chi connectivity index (χ2n) is 8.73. The molecule has 3 aromatic rings. The highest BCUT2D eigenvalue weighted by molar-refractivity contribution is 6.35. The molecule has 37 heavy (non-hydrogen) atoms. The average molecular weight is 507 g/mol. The smallest absolute Gasteiger partial charge is 0.309 e. The summed E-state index contributed by atoms with van der Waals surface area (Å²) in [4.78, 5) is 24.6. The number of benzene rings is 3. The summed E-state index contributed by atoms with van der Waals surface area (Å²) in [6, 6.07) is 17.5. The third-order valence-corrected chi connectivity index (χ3v) is 5.43. The van der Waals surface area contributed by atoms with Gasteiger partial charge in [-0.15, -0.1) is 0 Å². The van der Waals surface area contributed by atoms with Crippen molar-refractivity contribution in [1.29, 1.82) is 5.41 Å². The Balaban J connectivity index is 1.87. The minimum atomic E-state index is -0.767. The first kappa shape index (κ1) is 27.2. The Kier molecular flexibility index (Phi) is 9.21. The highest BCUT2D eigenvalue weighted by Crippen LogP contribution is 2.30. The van der Waals surface area contributed by atoms with Gasteiger partial charge in [-0.05, 0) is 80.9 Å². The summed E-state index contributed by atoms with van der Waals surface area (Å²) in [6.45, 7) is 5.28. The van der Waals surface area contributed by atoms with Crippen LogP contribution in [0.2, 0.25) is 0 Å². The number of carbonyl (C=O) groups is 2. The van der Waals surface area contributed by atoms with Crippen molar-refractivity contribution in [2.24, 2.45) is 0 Å². The molecule has 0 aliphatic carbocycles. The minimum absolute atomic E-state index is 0.180. The number of methoxy groups -OCH3 is 1. The van der Waals surface area contributed by atoms with E-state index in [-0.39, 0.29) is 11.9 Å². The van der Waals surface area contributed by atoms with E-state index in [9.17, 15) is 14.0 Å². The van der Waals surface area contributed by atoms with E-state index in [4.69, 9.17) is 14.9 Å². The van der Waals surface area contributed by atoms with Crippen LogP contribution < -0.4 is 25.4 Å². The van der Waals surface area contributed by atoms with Crippen LogP contribution in [0.15, 0.2) is 66.7 Å². The molecule has 0 spiro atoms. The number of ether oxygens (including phenoxy) is 2. The molecule has 0 saturated carbocycles. The van der Waals surface area contributed by atoms with E-state index in [1.807, 2.05) is 12.1 Å². The van der Waals surface area contributed by atoms with Gasteiger partial charge in [-0.3, -0.25) is 9.59 Å². The van der Waals surface area contributed by atoms with Crippen molar-refractivity contribution in [2.75, 3.05) is 12.4 Å². The highest BCUT2D eigenvalue weighted by Gasteiger charge is 2.26. The van der Waals surface area contributed by atoms with Gasteiger partial charge in [0.25, 0.3) is 0 Å². The molecule has 0 unspecified atom stereocenters. The van der Waals surface area contributed by atoms with Crippen LogP contribution in [0.4, 0.5) is 15.8 Å². The fourth-order valence-corrected chi connectivity index (χ4v) is 3.64. The molecule has 9 heteroatoms. The van der Waals surface area contributed by atoms with Crippen LogP contribution >= 0.6 is 0 Å². The Morgan fingerprint density at radius 3 is 2.27 bits per heavy atom. The standard InChI is InChI=1S/C28H31FN4O4/c1-17(2)31-27(34)28(35)32-18(3)26(19-6-5-7-23(14-19)36-4)37-24-12-13-25(20(15-24)16-30)33-22-10-8-21(29)9-11-22/h5-18,26,30,33H,1-4H3,(H,31,34)(H,32,35)/t18-,26-/m0/s1. The molecule has 0 radical (unpaired) electrons. The zero-order chi connectivity index (χ0) is 26.9. The van der Waals surface area contributed by atoms with Crippen LogP contribution in [-0.4, -0.2) is 37.2 Å². The van der Waals surface area contributed by atoms with E-state index in [1.54, 1.807) is 70.3 Å². The van der Waals surface area contributed by atoms with Gasteiger partial charge < -0.3 is 30.8 Å². The quantitative estimate of drug-likeness (QED) is 0.235. The second kappa shape index (κ2) is 12.5. The van der Waals surface area contributed by atoms with Crippen LogP contribution in [-0.2, 0) is 9.59 Å². The lowest BCUT2D eigenvalue weighted by Crippen LogP contribution is -2.48. The molecule has 194 valence electrons. The maximum Gasteiger partial charge on any atom is 0.309 e. The number of nitrogens with one attached hydrogen (secondary N) is 4. The van der Waals surface area contributed by atoms with Crippen molar-refractivity contribution in [2.45, 2.75) is 39.0 Å². The van der Waals surface area contributed by atoms with Gasteiger partial charge >= 0.3 is 11.8 Å². The van der Waals surface area contributed by atoms with Crippen LogP contribution in [0.5, 0.6) is 11.5 Å². The molecule has 0 aliphatic rings. The molecule has 2 atom stereocenters. The zero-order valence-electron chi connectivity index (χ0n) is 21.2. The number of rotatable bonds is 10. The van der Waals surface area contributed by atoms with Crippen LogP contribution in [0, 0.1) is 11.2 Å². The Morgan fingerprint density at radius 1 is 0.919 bits per heavy atom. The second-order valence-corrected chi connectivity index (χ2v) is 8.73. The lowest BCUT2D eigenvalue weighted by Gasteiger charge is -2.27. The molecule has 0 aliphatic heterocycles. The van der Waals surface area contributed by atoms with E-state index in [2.05, 4.69) is 16.0 Å². The summed E-state index contributed by atoms with van der Waals surface area (Å²) >= 11 is 0. The fraction of sp³-hybridized carbons (Fsp3) is 0.250. The SMILES string of the molecule is COc1cccc([C@@H](Oc2ccc(Nc3ccc(F)cc3)c(C=N)c2)[C@H](C)NC(=O)C(=O)NC(C)C)c1. The Bertz CT molecular complexity index is 1250. The van der Waals surface area contributed by atoms with E-state index in [0.717, 1.165) is 5.56 Å². The Labute approximate surface area is 215 Å². The van der Waals surface area contributed by atoms with Crippen molar-refractivity contribution >= 4 is 29.4 Å². The fourth-order valence-electron chi connectivity index (χ4n) is 3.64. The van der Waals surface area contributed by atoms with Gasteiger partial charge in [0.05, 0.1) is 13.2 Å². The summed E-state index contributed by atoms with van der Waals surface area (Å²) in [6.07, 6.45) is 0.501. The number of carbonyl (C=O) groups excluding carboxylic acids is 2. The normalized spacial score (nSPS) is 12.3. The molecule has 0 heterocycles. The van der Waals surface area contributed by atoms with Crippen molar-refractivity contribution in [1.82, 2.24) is 10.6 Å². The number of amides is 2. The largest absolute Gasteiger partial charge is 0.497 e. The average Bonchev–Trinajstić information content (AvgIpc) is 2.88. The van der Waals surface area contributed by atoms with Gasteiger partial charge in [-0.2, -0.15) is 0 Å². The van der Waals surface area contributed by atoms with Crippen molar-refractivity contribution < 1.29 is 23.5 Å². The van der Waals surface area contributed by atoms with Crippen LogP contribution in [0.3, 0.4) is 0 Å². The molecule has 0 aromatic heterocycles. The van der Waals surface area contributed by atoms with E-state index >= 15 is 0 Å². The maximum absolute atomic E-state index is 13.2. The molecule has 3 aromatic carbocycles. The van der Waals surface area contributed by atoms with Crippen molar-refractivity contribution in [3.63, 3.8) is 0 Å². The summed E-state index contributed by atoms with van der Waals surface area (Å²) in [7, 11) is 1.56. The first-order chi connectivity index (χ1) is 17.7. The molecule has 8 nitrogen and oxygen atoms in total. The van der Waals surface area contributed by atoms with Crippen molar-refractivity contribution in [3.8, 4) is 11.5 Å². The van der Waals surface area contributed by atoms with Crippen LogP contribution in [0.1, 0.15) is 38.0 Å². The number of halogens is 1. The van der Waals surface area contributed by atoms with Gasteiger partial charge in [-0.1, -0.05) is 12.1 Å². The molecule has 0 fully saturated rings. The number of hydrogen-bond acceptors (Lipinski definition) is 6. The van der Waals surface area contributed by atoms with Gasteiger partial charge in [0, 0.05) is 29.2 Å². The molecule has 3 rings (SSSR count). The molecule has 0 saturated heterocycles. The lowest BCUT2D eigenvalue weighted by atomic mass is 10.0. The molecule has 0 bridgehead atoms. The number of hydrogen-bond donors (Lipinski definition) is 4. The predicted molar refractivity (Wildman–Crippen MR) is 141 cm³/mol. The van der Waals surface area contributed by atoms with Gasteiger partial charge in [-0.25, -0.2) is 4.39 Å².